The molecule has 130 valence electrons. The number of aromatic amines is 1. The lowest BCUT2D eigenvalue weighted by Gasteiger charge is -2.22. The van der Waals surface area contributed by atoms with Crippen LogP contribution in [0, 0.1) is 0 Å². The molecule has 0 aliphatic carbocycles. The molecular weight excluding hydrogens is 312 g/mol. The number of phenols is 1. The quantitative estimate of drug-likeness (QED) is 0.746. The number of fused-ring (bicyclic) bond motifs is 1. The molecule has 7 nitrogen and oxygen atoms in total. The lowest BCUT2D eigenvalue weighted by Crippen LogP contribution is -2.45. The third-order valence-electron chi connectivity index (χ3n) is 3.35. The third-order valence-corrected chi connectivity index (χ3v) is 3.35. The molecule has 2 rings (SSSR count). The van der Waals surface area contributed by atoms with Crippen molar-refractivity contribution >= 4 is 23.0 Å². The SMILES string of the molecule is COC(=O)C(Cc1c[nH]c2ccc(O)cc12)NC(=O)OC(C)(C)C. The third kappa shape index (κ3) is 4.41. The summed E-state index contributed by atoms with van der Waals surface area (Å²) in [4.78, 5) is 27.0. The van der Waals surface area contributed by atoms with Crippen LogP contribution in [0.1, 0.15) is 26.3 Å². The molecular formula is C17H22N2O5. The summed E-state index contributed by atoms with van der Waals surface area (Å²) in [7, 11) is 1.26. The molecule has 1 atom stereocenters. The maximum absolute atomic E-state index is 12.0. The Morgan fingerprint density at radius 1 is 1.33 bits per heavy atom. The number of ether oxygens (including phenoxy) is 2. The Balaban J connectivity index is 2.20. The molecule has 2 aromatic rings. The van der Waals surface area contributed by atoms with Crippen LogP contribution in [-0.4, -0.2) is 40.9 Å². The molecule has 0 spiro atoms. The van der Waals surface area contributed by atoms with Crippen molar-refractivity contribution in [3.8, 4) is 5.75 Å². The van der Waals surface area contributed by atoms with Crippen LogP contribution < -0.4 is 5.32 Å². The number of carbonyl (C=O) groups excluding carboxylic acids is 2. The van der Waals surface area contributed by atoms with Gasteiger partial charge in [0, 0.05) is 23.5 Å². The van der Waals surface area contributed by atoms with Crippen LogP contribution in [-0.2, 0) is 20.7 Å². The number of hydrogen-bond donors (Lipinski definition) is 3. The molecule has 3 N–H and O–H groups in total. The van der Waals surface area contributed by atoms with E-state index < -0.39 is 23.7 Å². The van der Waals surface area contributed by atoms with Crippen molar-refractivity contribution < 1.29 is 24.2 Å². The summed E-state index contributed by atoms with van der Waals surface area (Å²) in [5.74, 6) is -0.451. The number of hydrogen-bond acceptors (Lipinski definition) is 5. The Morgan fingerprint density at radius 3 is 2.67 bits per heavy atom. The average Bonchev–Trinajstić information content (AvgIpc) is 2.86. The molecule has 1 unspecified atom stereocenters. The number of carbonyl (C=O) groups is 2. The summed E-state index contributed by atoms with van der Waals surface area (Å²) < 4.78 is 9.94. The summed E-state index contributed by atoms with van der Waals surface area (Å²) in [5.41, 5.74) is 0.924. The highest BCUT2D eigenvalue weighted by molar-refractivity contribution is 5.87. The minimum absolute atomic E-state index is 0.123. The van der Waals surface area contributed by atoms with Gasteiger partial charge in [0.1, 0.15) is 17.4 Å². The van der Waals surface area contributed by atoms with Gasteiger partial charge in [-0.15, -0.1) is 0 Å². The second kappa shape index (κ2) is 6.82. The van der Waals surface area contributed by atoms with Crippen LogP contribution in [0.2, 0.25) is 0 Å². The van der Waals surface area contributed by atoms with Crippen LogP contribution in [0.25, 0.3) is 10.9 Å². The minimum Gasteiger partial charge on any atom is -0.508 e. The van der Waals surface area contributed by atoms with E-state index in [9.17, 15) is 14.7 Å². The van der Waals surface area contributed by atoms with Crippen molar-refractivity contribution in [3.63, 3.8) is 0 Å². The summed E-state index contributed by atoms with van der Waals surface area (Å²) in [6, 6.07) is 4.01. The largest absolute Gasteiger partial charge is 0.508 e. The van der Waals surface area contributed by atoms with E-state index in [0.29, 0.717) is 0 Å². The molecule has 1 amide bonds. The molecule has 0 saturated heterocycles. The van der Waals surface area contributed by atoms with Crippen LogP contribution in [0.5, 0.6) is 5.75 Å². The zero-order valence-corrected chi connectivity index (χ0v) is 14.2. The fraction of sp³-hybridized carbons (Fsp3) is 0.412. The van der Waals surface area contributed by atoms with Gasteiger partial charge in [-0.3, -0.25) is 0 Å². The van der Waals surface area contributed by atoms with E-state index in [4.69, 9.17) is 9.47 Å². The van der Waals surface area contributed by atoms with Gasteiger partial charge in [0.15, 0.2) is 0 Å². The first-order chi connectivity index (χ1) is 11.2. The van der Waals surface area contributed by atoms with Crippen molar-refractivity contribution in [3.05, 3.63) is 30.0 Å². The molecule has 0 bridgehead atoms. The lowest BCUT2D eigenvalue weighted by atomic mass is 10.0. The van der Waals surface area contributed by atoms with Gasteiger partial charge in [0.2, 0.25) is 0 Å². The second-order valence-electron chi connectivity index (χ2n) is 6.47. The van der Waals surface area contributed by atoms with E-state index in [2.05, 4.69) is 10.3 Å². The number of benzene rings is 1. The Hall–Kier alpha value is -2.70. The van der Waals surface area contributed by atoms with Crippen molar-refractivity contribution in [1.82, 2.24) is 10.3 Å². The predicted octanol–water partition coefficient (Wildman–Crippen LogP) is 2.48. The number of methoxy groups -OCH3 is 1. The molecule has 24 heavy (non-hydrogen) atoms. The minimum atomic E-state index is -0.897. The topological polar surface area (TPSA) is 101 Å². The fourth-order valence-corrected chi connectivity index (χ4v) is 2.34. The van der Waals surface area contributed by atoms with Crippen LogP contribution >= 0.6 is 0 Å². The Kier molecular flexibility index (Phi) is 5.02. The van der Waals surface area contributed by atoms with Crippen LogP contribution in [0.3, 0.4) is 0 Å². The van der Waals surface area contributed by atoms with Gasteiger partial charge in [-0.05, 0) is 44.5 Å². The highest BCUT2D eigenvalue weighted by Crippen LogP contribution is 2.24. The lowest BCUT2D eigenvalue weighted by molar-refractivity contribution is -0.143. The first-order valence-electron chi connectivity index (χ1n) is 7.56. The monoisotopic (exact) mass is 334 g/mol. The summed E-state index contributed by atoms with van der Waals surface area (Å²) in [5, 5.41) is 12.9. The average molecular weight is 334 g/mol. The van der Waals surface area contributed by atoms with E-state index in [-0.39, 0.29) is 12.2 Å². The van der Waals surface area contributed by atoms with Gasteiger partial charge in [0.25, 0.3) is 0 Å². The maximum atomic E-state index is 12.0. The Morgan fingerprint density at radius 2 is 2.04 bits per heavy atom. The summed E-state index contributed by atoms with van der Waals surface area (Å²) >= 11 is 0. The molecule has 7 heteroatoms. The Labute approximate surface area is 140 Å². The highest BCUT2D eigenvalue weighted by Gasteiger charge is 2.26. The zero-order chi connectivity index (χ0) is 17.9. The van der Waals surface area contributed by atoms with Crippen molar-refractivity contribution in [2.45, 2.75) is 38.8 Å². The first-order valence-corrected chi connectivity index (χ1v) is 7.56. The van der Waals surface area contributed by atoms with Crippen LogP contribution in [0.15, 0.2) is 24.4 Å². The molecule has 0 radical (unpaired) electrons. The van der Waals surface area contributed by atoms with Crippen LogP contribution in [0.4, 0.5) is 4.79 Å². The zero-order valence-electron chi connectivity index (χ0n) is 14.2. The van der Waals surface area contributed by atoms with E-state index in [1.54, 1.807) is 45.2 Å². The number of alkyl carbamates (subject to hydrolysis) is 1. The smallest absolute Gasteiger partial charge is 0.408 e. The molecule has 0 aliphatic rings. The number of amides is 1. The van der Waals surface area contributed by atoms with Gasteiger partial charge in [-0.25, -0.2) is 9.59 Å². The van der Waals surface area contributed by atoms with E-state index in [0.717, 1.165) is 16.5 Å². The van der Waals surface area contributed by atoms with E-state index in [1.807, 2.05) is 0 Å². The molecule has 0 fully saturated rings. The number of aromatic hydroxyl groups is 1. The predicted molar refractivity (Wildman–Crippen MR) is 88.8 cm³/mol. The molecule has 1 aromatic carbocycles. The van der Waals surface area contributed by atoms with Crippen molar-refractivity contribution in [2.24, 2.45) is 0 Å². The van der Waals surface area contributed by atoms with Gasteiger partial charge >= 0.3 is 12.1 Å². The Bertz CT molecular complexity index is 745. The van der Waals surface area contributed by atoms with Gasteiger partial charge < -0.3 is 24.9 Å². The van der Waals surface area contributed by atoms with Gasteiger partial charge in [-0.2, -0.15) is 0 Å². The first kappa shape index (κ1) is 17.7. The van der Waals surface area contributed by atoms with Crippen molar-refractivity contribution in [1.29, 1.82) is 0 Å². The van der Waals surface area contributed by atoms with E-state index >= 15 is 0 Å². The van der Waals surface area contributed by atoms with Gasteiger partial charge in [0.05, 0.1) is 7.11 Å². The number of esters is 1. The number of H-pyrrole nitrogens is 1. The molecule has 1 heterocycles. The van der Waals surface area contributed by atoms with E-state index in [1.165, 1.54) is 7.11 Å². The standard InChI is InChI=1S/C17H22N2O5/c1-17(2,3)24-16(22)19-14(15(21)23-4)7-10-9-18-13-6-5-11(20)8-12(10)13/h5-6,8-9,14,18,20H,7H2,1-4H3,(H,19,22). The second-order valence-corrected chi connectivity index (χ2v) is 6.47. The molecule has 0 saturated carbocycles. The number of nitrogens with one attached hydrogen (secondary N) is 2. The summed E-state index contributed by atoms with van der Waals surface area (Å²) in [6.45, 7) is 5.21. The summed E-state index contributed by atoms with van der Waals surface area (Å²) in [6.07, 6.45) is 1.24. The fourth-order valence-electron chi connectivity index (χ4n) is 2.34. The number of rotatable bonds is 4. The molecule has 1 aromatic heterocycles. The number of phenolic OH excluding ortho intramolecular Hbond substituents is 1. The normalized spacial score (nSPS) is 12.7. The maximum Gasteiger partial charge on any atom is 0.408 e. The molecule has 0 aliphatic heterocycles. The highest BCUT2D eigenvalue weighted by atomic mass is 16.6. The van der Waals surface area contributed by atoms with Crippen molar-refractivity contribution in [2.75, 3.05) is 7.11 Å². The van der Waals surface area contributed by atoms with Gasteiger partial charge in [-0.1, -0.05) is 0 Å². The number of aromatic nitrogens is 1.